The molecule has 7 heteroatoms. The van der Waals surface area contributed by atoms with E-state index in [0.29, 0.717) is 23.8 Å². The van der Waals surface area contributed by atoms with Crippen molar-refractivity contribution in [2.45, 2.75) is 20.0 Å². The van der Waals surface area contributed by atoms with Crippen molar-refractivity contribution in [2.24, 2.45) is 0 Å². The number of rotatable bonds is 4. The summed E-state index contributed by atoms with van der Waals surface area (Å²) < 4.78 is 3.17. The molecular formula is C19H16ClN5O. The third kappa shape index (κ3) is 3.23. The molecule has 0 spiro atoms. The summed E-state index contributed by atoms with van der Waals surface area (Å²) in [6.45, 7) is 2.97. The molecule has 4 aromatic rings. The van der Waals surface area contributed by atoms with Crippen LogP contribution in [0.2, 0.25) is 5.02 Å². The van der Waals surface area contributed by atoms with Gasteiger partial charge in [0, 0.05) is 5.02 Å². The molecule has 0 bridgehead atoms. The molecule has 0 saturated heterocycles. The van der Waals surface area contributed by atoms with E-state index >= 15 is 0 Å². The van der Waals surface area contributed by atoms with Gasteiger partial charge in [0.2, 0.25) is 0 Å². The van der Waals surface area contributed by atoms with E-state index in [4.69, 9.17) is 11.6 Å². The van der Waals surface area contributed by atoms with Crippen molar-refractivity contribution in [3.8, 4) is 0 Å². The Bertz CT molecular complexity index is 1110. The Morgan fingerprint density at radius 3 is 2.35 bits per heavy atom. The van der Waals surface area contributed by atoms with Gasteiger partial charge in [0.1, 0.15) is 6.33 Å². The normalized spacial score (nSPS) is 11.2. The van der Waals surface area contributed by atoms with E-state index in [1.165, 1.54) is 16.5 Å². The second-order valence-corrected chi connectivity index (χ2v) is 6.65. The number of aryl methyl sites for hydroxylation is 1. The minimum Gasteiger partial charge on any atom is -0.293 e. The fourth-order valence-electron chi connectivity index (χ4n) is 2.76. The minimum absolute atomic E-state index is 0.208. The average Bonchev–Trinajstić information content (AvgIpc) is 3.05. The van der Waals surface area contributed by atoms with E-state index < -0.39 is 0 Å². The summed E-state index contributed by atoms with van der Waals surface area (Å²) in [5.74, 6) is 0. The second-order valence-electron chi connectivity index (χ2n) is 6.21. The van der Waals surface area contributed by atoms with Crippen molar-refractivity contribution in [2.75, 3.05) is 0 Å². The molecule has 0 aliphatic carbocycles. The van der Waals surface area contributed by atoms with Crippen LogP contribution in [0.25, 0.3) is 11.2 Å². The van der Waals surface area contributed by atoms with Crippen LogP contribution >= 0.6 is 11.6 Å². The monoisotopic (exact) mass is 365 g/mol. The zero-order chi connectivity index (χ0) is 18.1. The van der Waals surface area contributed by atoms with E-state index in [9.17, 15) is 4.79 Å². The Morgan fingerprint density at radius 2 is 1.62 bits per heavy atom. The van der Waals surface area contributed by atoms with Crippen molar-refractivity contribution in [3.05, 3.63) is 86.9 Å². The van der Waals surface area contributed by atoms with Crippen molar-refractivity contribution in [1.82, 2.24) is 24.5 Å². The van der Waals surface area contributed by atoms with Gasteiger partial charge in [-0.3, -0.25) is 9.36 Å². The largest absolute Gasteiger partial charge is 0.293 e. The minimum atomic E-state index is -0.208. The van der Waals surface area contributed by atoms with Crippen LogP contribution < -0.4 is 5.56 Å². The molecule has 0 saturated carbocycles. The maximum Gasteiger partial charge on any atom is 0.283 e. The van der Waals surface area contributed by atoms with Gasteiger partial charge in [-0.05, 0) is 30.2 Å². The predicted octanol–water partition coefficient (Wildman–Crippen LogP) is 3.05. The van der Waals surface area contributed by atoms with Crippen LogP contribution in [-0.2, 0) is 13.1 Å². The number of hydrogen-bond donors (Lipinski definition) is 0. The number of nitrogens with zero attached hydrogens (tertiary/aromatic N) is 5. The van der Waals surface area contributed by atoms with Crippen LogP contribution in [0.15, 0.2) is 59.7 Å². The summed E-state index contributed by atoms with van der Waals surface area (Å²) in [6, 6.07) is 15.5. The lowest BCUT2D eigenvalue weighted by molar-refractivity contribution is 0.662. The highest BCUT2D eigenvalue weighted by atomic mass is 35.5. The van der Waals surface area contributed by atoms with Gasteiger partial charge in [-0.2, -0.15) is 0 Å². The number of halogens is 1. The van der Waals surface area contributed by atoms with Gasteiger partial charge in [0.25, 0.3) is 5.56 Å². The van der Waals surface area contributed by atoms with E-state index in [-0.39, 0.29) is 11.1 Å². The SMILES string of the molecule is Cc1ccc(Cn2nnc3c(=O)n(Cc4ccc(Cl)cc4)cnc32)cc1. The summed E-state index contributed by atoms with van der Waals surface area (Å²) >= 11 is 5.90. The third-order valence-electron chi connectivity index (χ3n) is 4.21. The highest BCUT2D eigenvalue weighted by molar-refractivity contribution is 6.30. The number of aromatic nitrogens is 5. The van der Waals surface area contributed by atoms with E-state index in [2.05, 4.69) is 15.3 Å². The Labute approximate surface area is 154 Å². The fraction of sp³-hybridized carbons (Fsp3) is 0.158. The first-order chi connectivity index (χ1) is 12.6. The Morgan fingerprint density at radius 1 is 0.962 bits per heavy atom. The smallest absolute Gasteiger partial charge is 0.283 e. The molecule has 130 valence electrons. The van der Waals surface area contributed by atoms with Gasteiger partial charge in [-0.25, -0.2) is 9.67 Å². The van der Waals surface area contributed by atoms with Crippen LogP contribution in [0.1, 0.15) is 16.7 Å². The zero-order valence-electron chi connectivity index (χ0n) is 14.1. The summed E-state index contributed by atoms with van der Waals surface area (Å²) in [5, 5.41) is 8.81. The molecule has 0 amide bonds. The van der Waals surface area contributed by atoms with Gasteiger partial charge in [0.15, 0.2) is 11.2 Å². The molecule has 6 nitrogen and oxygen atoms in total. The van der Waals surface area contributed by atoms with Gasteiger partial charge in [0.05, 0.1) is 13.1 Å². The Balaban J connectivity index is 1.65. The average molecular weight is 366 g/mol. The van der Waals surface area contributed by atoms with E-state index in [1.807, 2.05) is 43.3 Å². The van der Waals surface area contributed by atoms with Crippen LogP contribution in [0, 0.1) is 6.92 Å². The lowest BCUT2D eigenvalue weighted by Crippen LogP contribution is -2.21. The van der Waals surface area contributed by atoms with Crippen LogP contribution in [-0.4, -0.2) is 24.5 Å². The van der Waals surface area contributed by atoms with Crippen molar-refractivity contribution in [1.29, 1.82) is 0 Å². The molecule has 0 fully saturated rings. The van der Waals surface area contributed by atoms with Gasteiger partial charge >= 0.3 is 0 Å². The van der Waals surface area contributed by atoms with Gasteiger partial charge in [-0.15, -0.1) is 5.10 Å². The Hall–Kier alpha value is -2.99. The second kappa shape index (κ2) is 6.72. The van der Waals surface area contributed by atoms with Crippen LogP contribution in [0.4, 0.5) is 0 Å². The molecule has 0 radical (unpaired) electrons. The Kier molecular flexibility index (Phi) is 4.26. The quantitative estimate of drug-likeness (QED) is 0.557. The standard InChI is InChI=1S/C19H16ClN5O/c1-13-2-4-15(5-3-13)11-25-18-17(22-23-25)19(26)24(12-21-18)10-14-6-8-16(20)9-7-14/h2-9,12H,10-11H2,1H3. The first-order valence-electron chi connectivity index (χ1n) is 8.19. The highest BCUT2D eigenvalue weighted by Gasteiger charge is 2.12. The molecule has 2 aromatic heterocycles. The molecule has 2 aromatic carbocycles. The molecule has 26 heavy (non-hydrogen) atoms. The van der Waals surface area contributed by atoms with Crippen LogP contribution in [0.3, 0.4) is 0 Å². The highest BCUT2D eigenvalue weighted by Crippen LogP contribution is 2.11. The molecule has 2 heterocycles. The van der Waals surface area contributed by atoms with E-state index in [1.54, 1.807) is 16.8 Å². The summed E-state index contributed by atoms with van der Waals surface area (Å²) in [5.41, 5.74) is 3.79. The molecule has 0 aliphatic heterocycles. The predicted molar refractivity (Wildman–Crippen MR) is 100 cm³/mol. The molecule has 0 aliphatic rings. The topological polar surface area (TPSA) is 65.6 Å². The van der Waals surface area contributed by atoms with Crippen molar-refractivity contribution in [3.63, 3.8) is 0 Å². The molecule has 0 atom stereocenters. The number of fused-ring (bicyclic) bond motifs is 1. The maximum atomic E-state index is 12.7. The first-order valence-corrected chi connectivity index (χ1v) is 8.56. The third-order valence-corrected chi connectivity index (χ3v) is 4.46. The fourth-order valence-corrected chi connectivity index (χ4v) is 2.89. The zero-order valence-corrected chi connectivity index (χ0v) is 14.9. The molecular weight excluding hydrogens is 350 g/mol. The summed E-state index contributed by atoms with van der Waals surface area (Å²) in [6.07, 6.45) is 1.54. The molecule has 0 N–H and O–H groups in total. The van der Waals surface area contributed by atoms with Crippen molar-refractivity contribution < 1.29 is 0 Å². The molecule has 4 rings (SSSR count). The van der Waals surface area contributed by atoms with Crippen molar-refractivity contribution >= 4 is 22.8 Å². The van der Waals surface area contributed by atoms with Gasteiger partial charge < -0.3 is 0 Å². The lowest BCUT2D eigenvalue weighted by Gasteiger charge is -2.06. The summed E-state index contributed by atoms with van der Waals surface area (Å²) in [7, 11) is 0. The number of hydrogen-bond acceptors (Lipinski definition) is 4. The maximum absolute atomic E-state index is 12.7. The summed E-state index contributed by atoms with van der Waals surface area (Å²) in [4.78, 5) is 17.1. The molecule has 0 unspecified atom stereocenters. The number of benzene rings is 2. The van der Waals surface area contributed by atoms with E-state index in [0.717, 1.165) is 11.1 Å². The van der Waals surface area contributed by atoms with Crippen LogP contribution in [0.5, 0.6) is 0 Å². The van der Waals surface area contributed by atoms with Gasteiger partial charge in [-0.1, -0.05) is 58.8 Å². The first kappa shape index (κ1) is 16.5. The lowest BCUT2D eigenvalue weighted by atomic mass is 10.1.